The van der Waals surface area contributed by atoms with E-state index in [1.165, 1.54) is 7.11 Å². The number of carbonyl (C=O) groups is 4. The van der Waals surface area contributed by atoms with Gasteiger partial charge in [-0.25, -0.2) is 19.2 Å². The fourth-order valence-electron chi connectivity index (χ4n) is 7.95. The second-order valence-corrected chi connectivity index (χ2v) is 13.6. The van der Waals surface area contributed by atoms with Crippen molar-refractivity contribution >= 4 is 23.9 Å². The van der Waals surface area contributed by atoms with Crippen molar-refractivity contribution in [2.24, 2.45) is 29.6 Å². The normalized spacial score (nSPS) is 39.2. The van der Waals surface area contributed by atoms with Gasteiger partial charge < -0.3 is 38.4 Å². The number of nitrogens with zero attached hydrogens (tertiary/aromatic N) is 1. The van der Waals surface area contributed by atoms with Crippen LogP contribution in [0.1, 0.15) is 40.5 Å². The second kappa shape index (κ2) is 14.0. The lowest BCUT2D eigenvalue weighted by Crippen LogP contribution is -2.57. The number of carbonyl (C=O) groups excluding carboxylic acids is 4. The maximum atomic E-state index is 13.6. The molecule has 1 saturated heterocycles. The standard InChI is InChI=1S/C35H47NO11/c1-18-16-19(2)35-23(17-25(42-7)32(39)45-28(18)21(4)44-34(41)33(40)43-15-14-36(5)6)12-13-24-26(35)27(37)20(3)29(30(24)47-35)46-31(38)22-10-8-9-11-22/h8-10,12-13,16,18,20-21,23-30,37H,11,14-15,17H2,1-7H3/b19-16+/t18-,20-,21-,23-,24?,25+,26?,27?,28+,29-,30-,35+/m1/s1. The third kappa shape index (κ3) is 6.57. The summed E-state index contributed by atoms with van der Waals surface area (Å²) in [6.45, 7) is 7.62. The summed E-state index contributed by atoms with van der Waals surface area (Å²) in [5, 5.41) is 11.9. The Balaban J connectivity index is 1.44. The Morgan fingerprint density at radius 1 is 1.17 bits per heavy atom. The number of esters is 4. The third-order valence-corrected chi connectivity index (χ3v) is 10.4. The lowest BCUT2D eigenvalue weighted by Gasteiger charge is -2.49. The van der Waals surface area contributed by atoms with E-state index in [4.69, 9.17) is 28.4 Å². The van der Waals surface area contributed by atoms with E-state index in [1.54, 1.807) is 17.9 Å². The minimum absolute atomic E-state index is 0.0159. The molecular weight excluding hydrogens is 610 g/mol. The van der Waals surface area contributed by atoms with E-state index in [0.717, 1.165) is 5.57 Å². The Bertz CT molecular complexity index is 1370. The molecule has 12 atom stereocenters. The van der Waals surface area contributed by atoms with Crippen molar-refractivity contribution in [3.63, 3.8) is 0 Å². The summed E-state index contributed by atoms with van der Waals surface area (Å²) in [6, 6.07) is 0. The molecule has 0 aromatic heterocycles. The predicted octanol–water partition coefficient (Wildman–Crippen LogP) is 2.30. The van der Waals surface area contributed by atoms with Gasteiger partial charge in [0, 0.05) is 48.8 Å². The van der Waals surface area contributed by atoms with Gasteiger partial charge in [0.15, 0.2) is 6.10 Å². The van der Waals surface area contributed by atoms with Crippen LogP contribution in [0.15, 0.2) is 47.6 Å². The summed E-state index contributed by atoms with van der Waals surface area (Å²) in [5.74, 6) is -5.34. The first-order chi connectivity index (χ1) is 22.3. The molecule has 5 rings (SSSR count). The number of methoxy groups -OCH3 is 1. The summed E-state index contributed by atoms with van der Waals surface area (Å²) in [7, 11) is 5.03. The van der Waals surface area contributed by atoms with Crippen LogP contribution in [0.5, 0.6) is 0 Å². The molecule has 2 heterocycles. The molecule has 2 aliphatic heterocycles. The molecule has 12 heteroatoms. The van der Waals surface area contributed by atoms with E-state index in [1.807, 2.05) is 65.2 Å². The Hall–Kier alpha value is -3.32. The highest BCUT2D eigenvalue weighted by atomic mass is 16.6. The monoisotopic (exact) mass is 657 g/mol. The lowest BCUT2D eigenvalue weighted by atomic mass is 9.57. The molecule has 0 aromatic carbocycles. The average Bonchev–Trinajstić information content (AvgIpc) is 3.63. The number of likely N-dealkylation sites (N-methyl/N-ethyl adjacent to an activating group) is 1. The van der Waals surface area contributed by atoms with Crippen LogP contribution in [0.2, 0.25) is 0 Å². The van der Waals surface area contributed by atoms with Gasteiger partial charge in [-0.15, -0.1) is 0 Å². The molecule has 12 nitrogen and oxygen atoms in total. The average molecular weight is 658 g/mol. The van der Waals surface area contributed by atoms with Crippen molar-refractivity contribution in [3.05, 3.63) is 47.6 Å². The van der Waals surface area contributed by atoms with Crippen molar-refractivity contribution < 1.29 is 52.7 Å². The Morgan fingerprint density at radius 3 is 2.57 bits per heavy atom. The van der Waals surface area contributed by atoms with Crippen LogP contribution in [0, 0.1) is 29.6 Å². The first-order valence-electron chi connectivity index (χ1n) is 16.4. The second-order valence-electron chi connectivity index (χ2n) is 13.6. The van der Waals surface area contributed by atoms with Crippen LogP contribution in [-0.4, -0.2) is 110 Å². The Morgan fingerprint density at radius 2 is 1.91 bits per heavy atom. The van der Waals surface area contributed by atoms with E-state index in [0.29, 0.717) is 18.5 Å². The zero-order valence-electron chi connectivity index (χ0n) is 28.1. The minimum atomic E-state index is -1.19. The zero-order valence-corrected chi connectivity index (χ0v) is 28.1. The smallest absolute Gasteiger partial charge is 0.417 e. The first kappa shape index (κ1) is 35.0. The molecule has 47 heavy (non-hydrogen) atoms. The molecule has 3 unspecified atom stereocenters. The van der Waals surface area contributed by atoms with Gasteiger partial charge >= 0.3 is 23.9 Å². The summed E-state index contributed by atoms with van der Waals surface area (Å²) in [5.41, 5.74) is 0.308. The molecule has 1 saturated carbocycles. The van der Waals surface area contributed by atoms with Gasteiger partial charge in [0.25, 0.3) is 0 Å². The molecular formula is C35H47NO11. The maximum absolute atomic E-state index is 13.6. The van der Waals surface area contributed by atoms with Gasteiger partial charge in [-0.2, -0.15) is 0 Å². The van der Waals surface area contributed by atoms with Crippen LogP contribution >= 0.6 is 0 Å². The maximum Gasteiger partial charge on any atom is 0.417 e. The molecule has 4 bridgehead atoms. The number of hydrogen-bond donors (Lipinski definition) is 1. The highest BCUT2D eigenvalue weighted by molar-refractivity contribution is 6.29. The van der Waals surface area contributed by atoms with Crippen molar-refractivity contribution in [2.45, 2.75) is 82.8 Å². The summed E-state index contributed by atoms with van der Waals surface area (Å²) < 4.78 is 35.1. The number of cyclic esters (lactones) is 1. The van der Waals surface area contributed by atoms with Crippen molar-refractivity contribution in [1.82, 2.24) is 4.90 Å². The number of aliphatic hydroxyl groups is 1. The number of allylic oxidation sites excluding steroid dienone is 3. The Labute approximate surface area is 275 Å². The third-order valence-electron chi connectivity index (χ3n) is 10.4. The van der Waals surface area contributed by atoms with E-state index in [2.05, 4.69) is 0 Å². The van der Waals surface area contributed by atoms with Gasteiger partial charge in [-0.1, -0.05) is 50.3 Å². The van der Waals surface area contributed by atoms with E-state index in [9.17, 15) is 24.3 Å². The predicted molar refractivity (Wildman–Crippen MR) is 167 cm³/mol. The summed E-state index contributed by atoms with van der Waals surface area (Å²) >= 11 is 0. The topological polar surface area (TPSA) is 147 Å². The fourth-order valence-corrected chi connectivity index (χ4v) is 7.95. The quantitative estimate of drug-likeness (QED) is 0.177. The molecule has 1 N–H and O–H groups in total. The van der Waals surface area contributed by atoms with Crippen LogP contribution in [0.3, 0.4) is 0 Å². The van der Waals surface area contributed by atoms with Gasteiger partial charge in [0.05, 0.1) is 6.10 Å². The molecule has 5 aliphatic rings. The van der Waals surface area contributed by atoms with Gasteiger partial charge in [-0.05, 0) is 46.4 Å². The minimum Gasteiger partial charge on any atom is -0.456 e. The molecule has 0 radical (unpaired) electrons. The highest BCUT2D eigenvalue weighted by Crippen LogP contribution is 2.61. The summed E-state index contributed by atoms with van der Waals surface area (Å²) in [4.78, 5) is 53.4. The van der Waals surface area contributed by atoms with Gasteiger partial charge in [0.2, 0.25) is 0 Å². The summed E-state index contributed by atoms with van der Waals surface area (Å²) in [6.07, 6.45) is 6.94. The highest BCUT2D eigenvalue weighted by Gasteiger charge is 2.69. The van der Waals surface area contributed by atoms with Crippen LogP contribution in [-0.2, 0) is 47.6 Å². The molecule has 0 amide bonds. The number of hydrogen-bond acceptors (Lipinski definition) is 12. The largest absolute Gasteiger partial charge is 0.456 e. The molecule has 258 valence electrons. The van der Waals surface area contributed by atoms with Crippen LogP contribution in [0.25, 0.3) is 0 Å². The number of aliphatic hydroxyl groups excluding tert-OH is 1. The zero-order chi connectivity index (χ0) is 34.2. The Kier molecular flexibility index (Phi) is 10.5. The number of rotatable bonds is 8. The van der Waals surface area contributed by atoms with Crippen LogP contribution in [0.4, 0.5) is 0 Å². The van der Waals surface area contributed by atoms with Crippen LogP contribution < -0.4 is 0 Å². The van der Waals surface area contributed by atoms with E-state index < -0.39 is 77.9 Å². The van der Waals surface area contributed by atoms with Gasteiger partial charge in [-0.3, -0.25) is 0 Å². The fraction of sp³-hybridized carbons (Fsp3) is 0.657. The van der Waals surface area contributed by atoms with Crippen molar-refractivity contribution in [2.75, 3.05) is 34.4 Å². The van der Waals surface area contributed by atoms with Crippen molar-refractivity contribution in [3.8, 4) is 0 Å². The van der Waals surface area contributed by atoms with E-state index >= 15 is 0 Å². The molecule has 2 fully saturated rings. The molecule has 3 aliphatic carbocycles. The molecule has 1 spiro atoms. The first-order valence-corrected chi connectivity index (χ1v) is 16.4. The number of ether oxygens (including phenoxy) is 6. The van der Waals surface area contributed by atoms with Crippen molar-refractivity contribution in [1.29, 1.82) is 0 Å². The molecule has 0 aromatic rings. The van der Waals surface area contributed by atoms with Gasteiger partial charge in [0.1, 0.15) is 36.6 Å². The lowest BCUT2D eigenvalue weighted by molar-refractivity contribution is -0.184. The SMILES string of the molecule is CO[C@H]1C[C@H]2C=CC3C4C(O)[C@@H](C)[C@@H](OC(=O)C5=CC=CC5)[C@@H]3O[C@]42/C(C)=C/[C@@H](C)[C@@H]([C@@H](C)OC(=O)C(=O)OCCN(C)C)OC1=O. The van der Waals surface area contributed by atoms with E-state index in [-0.39, 0.29) is 30.8 Å².